The van der Waals surface area contributed by atoms with E-state index in [4.69, 9.17) is 5.73 Å². The van der Waals surface area contributed by atoms with Gasteiger partial charge in [0.25, 0.3) is 0 Å². The fourth-order valence-electron chi connectivity index (χ4n) is 0.233. The van der Waals surface area contributed by atoms with Crippen molar-refractivity contribution in [3.8, 4) is 0 Å². The molecule has 0 amide bonds. The maximum atomic E-state index is 9.56. The van der Waals surface area contributed by atoms with E-state index >= 15 is 0 Å². The number of hydrogen-bond donors (Lipinski definition) is 0. The number of carboxylic acids is 1. The van der Waals surface area contributed by atoms with Crippen LogP contribution >= 0.6 is 0 Å². The molecule has 0 spiro atoms. The second-order valence-corrected chi connectivity index (χ2v) is 1.23. The van der Waals surface area contributed by atoms with E-state index in [1.807, 2.05) is 0 Å². The average Bonchev–Trinajstić information content (AvgIpc) is 1.61. The van der Waals surface area contributed by atoms with E-state index < -0.39 is 5.97 Å². The first kappa shape index (κ1) is 10.8. The first-order valence-corrected chi connectivity index (χ1v) is 2.12. The standard InChI is InChI=1S/C4H8NO2.Fe/c5-3-1-2-4(6)7;/h5H,1-3H2,(H,6,7);/q-1;+2/p-1. The number of rotatable bonds is 3. The quantitative estimate of drug-likeness (QED) is 0.521. The van der Waals surface area contributed by atoms with Gasteiger partial charge in [-0.2, -0.15) is 6.54 Å². The van der Waals surface area contributed by atoms with Crippen LogP contribution in [-0.2, 0) is 21.9 Å². The third-order valence-electron chi connectivity index (χ3n) is 0.558. The third kappa shape index (κ3) is 9.34. The molecule has 0 bridgehead atoms. The van der Waals surface area contributed by atoms with E-state index in [1.54, 1.807) is 0 Å². The van der Waals surface area contributed by atoms with Crippen molar-refractivity contribution in [3.63, 3.8) is 0 Å². The van der Waals surface area contributed by atoms with Crippen molar-refractivity contribution in [3.05, 3.63) is 5.73 Å². The molecular formula is C4H7FeNO2. The first-order chi connectivity index (χ1) is 3.27. The van der Waals surface area contributed by atoms with Gasteiger partial charge in [0.2, 0.25) is 0 Å². The smallest absolute Gasteiger partial charge is 0.677 e. The van der Waals surface area contributed by atoms with E-state index in [0.717, 1.165) is 0 Å². The first-order valence-electron chi connectivity index (χ1n) is 2.12. The second-order valence-electron chi connectivity index (χ2n) is 1.23. The van der Waals surface area contributed by atoms with Gasteiger partial charge in [0, 0.05) is 5.97 Å². The Kier molecular flexibility index (Phi) is 9.42. The Hall–Kier alpha value is -0.0505. The van der Waals surface area contributed by atoms with Crippen molar-refractivity contribution in [2.45, 2.75) is 12.8 Å². The molecule has 0 heterocycles. The molecule has 0 aliphatic carbocycles. The normalized spacial score (nSPS) is 7.62. The summed E-state index contributed by atoms with van der Waals surface area (Å²) < 4.78 is 0. The molecule has 0 atom stereocenters. The summed E-state index contributed by atoms with van der Waals surface area (Å²) in [5, 5.41) is 9.56. The van der Waals surface area contributed by atoms with Crippen LogP contribution in [0.25, 0.3) is 5.73 Å². The summed E-state index contributed by atoms with van der Waals surface area (Å²) >= 11 is 0. The number of carboxylic acid groups (broad SMARTS) is 1. The Morgan fingerprint density at radius 1 is 1.62 bits per heavy atom. The molecule has 0 unspecified atom stereocenters. The van der Waals surface area contributed by atoms with Gasteiger partial charge in [-0.15, -0.1) is 0 Å². The molecule has 4 heteroatoms. The number of carbonyl (C=O) groups is 1. The van der Waals surface area contributed by atoms with E-state index in [9.17, 15) is 9.90 Å². The van der Waals surface area contributed by atoms with Crippen LogP contribution in [0.3, 0.4) is 0 Å². The molecule has 8 heavy (non-hydrogen) atoms. The van der Waals surface area contributed by atoms with Gasteiger partial charge in [0.05, 0.1) is 0 Å². The van der Waals surface area contributed by atoms with Crippen LogP contribution in [-0.4, -0.2) is 12.5 Å². The van der Waals surface area contributed by atoms with Gasteiger partial charge in [0.15, 0.2) is 0 Å². The van der Waals surface area contributed by atoms with Crippen molar-refractivity contribution in [1.29, 1.82) is 0 Å². The maximum absolute atomic E-state index is 9.56. The number of nitrogens with one attached hydrogen (secondary N) is 1. The molecule has 0 aromatic carbocycles. The van der Waals surface area contributed by atoms with Gasteiger partial charge in [-0.1, -0.05) is 6.42 Å². The molecule has 0 rings (SSSR count). The molecule has 0 aromatic heterocycles. The summed E-state index contributed by atoms with van der Waals surface area (Å²) in [5.74, 6) is -1.06. The van der Waals surface area contributed by atoms with Gasteiger partial charge in [0.1, 0.15) is 0 Å². The molecule has 48 valence electrons. The Morgan fingerprint density at radius 3 is 2.25 bits per heavy atom. The molecule has 0 aliphatic heterocycles. The molecule has 3 nitrogen and oxygen atoms in total. The third-order valence-corrected chi connectivity index (χ3v) is 0.558. The maximum Gasteiger partial charge on any atom is 2.00 e. The van der Waals surface area contributed by atoms with Crippen LogP contribution in [0.2, 0.25) is 0 Å². The van der Waals surface area contributed by atoms with Gasteiger partial charge in [-0.05, 0) is 6.42 Å². The van der Waals surface area contributed by atoms with Crippen molar-refractivity contribution in [1.82, 2.24) is 0 Å². The van der Waals surface area contributed by atoms with Crippen molar-refractivity contribution < 1.29 is 27.0 Å². The number of carbonyl (C=O) groups excluding carboxylic acids is 1. The van der Waals surface area contributed by atoms with E-state index in [-0.39, 0.29) is 30.0 Å². The summed E-state index contributed by atoms with van der Waals surface area (Å²) in [5.41, 5.74) is 6.50. The SMILES string of the molecule is [Fe+2].[NH-]CCCC(=O)[O-]. The molecule has 0 aliphatic rings. The zero-order chi connectivity index (χ0) is 5.70. The van der Waals surface area contributed by atoms with Crippen molar-refractivity contribution in [2.75, 3.05) is 6.54 Å². The zero-order valence-electron chi connectivity index (χ0n) is 4.29. The van der Waals surface area contributed by atoms with Gasteiger partial charge in [-0.3, -0.25) is 0 Å². The predicted octanol–water partition coefficient (Wildman–Crippen LogP) is -0.434. The van der Waals surface area contributed by atoms with Crippen LogP contribution in [0.5, 0.6) is 0 Å². The Labute approximate surface area is 58.7 Å². The van der Waals surface area contributed by atoms with Crippen LogP contribution < -0.4 is 5.11 Å². The number of hydrogen-bond acceptors (Lipinski definition) is 2. The largest absolute Gasteiger partial charge is 2.00 e. The van der Waals surface area contributed by atoms with Crippen LogP contribution in [0, 0.1) is 0 Å². The molecule has 1 N–H and O–H groups in total. The second kappa shape index (κ2) is 6.95. The summed E-state index contributed by atoms with van der Waals surface area (Å²) in [6, 6.07) is 0. The predicted molar refractivity (Wildman–Crippen MR) is 23.4 cm³/mol. The molecule has 0 saturated carbocycles. The van der Waals surface area contributed by atoms with Crippen LogP contribution in [0.15, 0.2) is 0 Å². The van der Waals surface area contributed by atoms with Crippen molar-refractivity contribution >= 4 is 5.97 Å². The molecule has 0 fully saturated rings. The van der Waals surface area contributed by atoms with Crippen LogP contribution in [0.1, 0.15) is 12.8 Å². The monoisotopic (exact) mass is 157 g/mol. The topological polar surface area (TPSA) is 63.9 Å². The summed E-state index contributed by atoms with van der Waals surface area (Å²) in [4.78, 5) is 9.56. The Balaban J connectivity index is 0. The summed E-state index contributed by atoms with van der Waals surface area (Å²) in [7, 11) is 0. The Morgan fingerprint density at radius 2 is 2.12 bits per heavy atom. The van der Waals surface area contributed by atoms with Gasteiger partial charge in [-0.25, -0.2) is 0 Å². The Bertz CT molecular complexity index is 67.1. The minimum atomic E-state index is -1.06. The zero-order valence-corrected chi connectivity index (χ0v) is 5.40. The molecule has 0 aromatic rings. The fraction of sp³-hybridized carbons (Fsp3) is 0.750. The average molecular weight is 157 g/mol. The summed E-state index contributed by atoms with van der Waals surface area (Å²) in [6.45, 7) is 0.175. The van der Waals surface area contributed by atoms with Crippen LogP contribution in [0.4, 0.5) is 0 Å². The van der Waals surface area contributed by atoms with E-state index in [0.29, 0.717) is 6.42 Å². The fourth-order valence-corrected chi connectivity index (χ4v) is 0.233. The van der Waals surface area contributed by atoms with E-state index in [1.165, 1.54) is 0 Å². The minimum Gasteiger partial charge on any atom is -0.677 e. The minimum absolute atomic E-state index is 0. The summed E-state index contributed by atoms with van der Waals surface area (Å²) in [6.07, 6.45) is 0.422. The van der Waals surface area contributed by atoms with Gasteiger partial charge < -0.3 is 15.6 Å². The van der Waals surface area contributed by atoms with E-state index in [2.05, 4.69) is 0 Å². The molecule has 0 saturated heterocycles. The number of aliphatic carboxylic acids is 1. The molecular weight excluding hydrogens is 150 g/mol. The molecule has 0 radical (unpaired) electrons. The van der Waals surface area contributed by atoms with Crippen molar-refractivity contribution in [2.24, 2.45) is 0 Å². The van der Waals surface area contributed by atoms with Gasteiger partial charge >= 0.3 is 17.1 Å².